The fourth-order valence-electron chi connectivity index (χ4n) is 2.24. The van der Waals surface area contributed by atoms with Crippen LogP contribution in [0.5, 0.6) is 11.5 Å². The Morgan fingerprint density at radius 3 is 2.31 bits per heavy atom. The normalized spacial score (nSPS) is 11.7. The number of azo groups is 1. The van der Waals surface area contributed by atoms with Crippen LogP contribution in [0.15, 0.2) is 62.9 Å². The monoisotopic (exact) mass is 462 g/mol. The van der Waals surface area contributed by atoms with Crippen molar-refractivity contribution in [2.24, 2.45) is 10.2 Å². The number of halogens is 1. The highest BCUT2D eigenvalue weighted by Crippen LogP contribution is 2.32. The summed E-state index contributed by atoms with van der Waals surface area (Å²) in [4.78, 5) is 24.1. The molecule has 0 spiro atoms. The number of esters is 1. The number of carbonyl (C=O) groups is 2. The number of hydrogen-bond acceptors (Lipinski definition) is 8. The molecule has 0 unspecified atom stereocenters. The van der Waals surface area contributed by atoms with Crippen molar-refractivity contribution in [3.05, 3.63) is 58.2 Å². The molecule has 0 aliphatic carbocycles. The minimum absolute atomic E-state index is 0.306. The maximum absolute atomic E-state index is 12.5. The quantitative estimate of drug-likeness (QED) is 0.202. The zero-order chi connectivity index (χ0) is 21.4. The van der Waals surface area contributed by atoms with E-state index in [9.17, 15) is 14.7 Å². The predicted molar refractivity (Wildman–Crippen MR) is 109 cm³/mol. The Balaban J connectivity index is 2.49. The van der Waals surface area contributed by atoms with Crippen molar-refractivity contribution >= 4 is 39.1 Å². The number of ketones is 1. The lowest BCUT2D eigenvalue weighted by Gasteiger charge is -2.08. The lowest BCUT2D eigenvalue weighted by atomic mass is 10.1. The zero-order valence-electron chi connectivity index (χ0n) is 16.0. The standard InChI is InChI=1S/C20H19BrN2O6/c1-27-14-8-9-15(17(10-14)28-2)22-23-19(16(24)11-18(25)29-3)20(26)12-4-6-13(21)7-5-12/h4-10,26H,11H2,1-3H3/b20-19+,23-22?. The highest BCUT2D eigenvalue weighted by atomic mass is 79.9. The molecule has 2 rings (SSSR count). The summed E-state index contributed by atoms with van der Waals surface area (Å²) in [5, 5.41) is 18.5. The average Bonchev–Trinajstić information content (AvgIpc) is 2.74. The fourth-order valence-corrected chi connectivity index (χ4v) is 2.50. The summed E-state index contributed by atoms with van der Waals surface area (Å²) in [5.41, 5.74) is 0.262. The van der Waals surface area contributed by atoms with E-state index in [4.69, 9.17) is 9.47 Å². The summed E-state index contributed by atoms with van der Waals surface area (Å²) >= 11 is 3.30. The SMILES string of the molecule is COC(=O)CC(=O)/C(N=Nc1ccc(OC)cc1OC)=C(\O)c1ccc(Br)cc1. The minimum Gasteiger partial charge on any atom is -0.505 e. The molecule has 0 aromatic heterocycles. The molecule has 0 fully saturated rings. The van der Waals surface area contributed by atoms with E-state index in [-0.39, 0.29) is 5.70 Å². The number of Topliss-reactive ketones (excluding diaryl/α,β-unsaturated/α-hetero) is 1. The van der Waals surface area contributed by atoms with Gasteiger partial charge in [-0.3, -0.25) is 9.59 Å². The van der Waals surface area contributed by atoms with Crippen LogP contribution >= 0.6 is 15.9 Å². The zero-order valence-corrected chi connectivity index (χ0v) is 17.6. The Hall–Kier alpha value is -3.20. The van der Waals surface area contributed by atoms with Gasteiger partial charge in [-0.2, -0.15) is 0 Å². The van der Waals surface area contributed by atoms with Gasteiger partial charge in [-0.15, -0.1) is 10.2 Å². The van der Waals surface area contributed by atoms with E-state index >= 15 is 0 Å². The molecular formula is C20H19BrN2O6. The molecule has 0 saturated heterocycles. The van der Waals surface area contributed by atoms with Crippen LogP contribution in [0.1, 0.15) is 12.0 Å². The highest BCUT2D eigenvalue weighted by molar-refractivity contribution is 9.10. The van der Waals surface area contributed by atoms with Gasteiger partial charge in [-0.05, 0) is 24.3 Å². The Morgan fingerprint density at radius 1 is 1.03 bits per heavy atom. The molecule has 0 saturated carbocycles. The largest absolute Gasteiger partial charge is 0.505 e. The summed E-state index contributed by atoms with van der Waals surface area (Å²) in [6, 6.07) is 11.4. The third kappa shape index (κ3) is 5.89. The number of carbonyl (C=O) groups excluding carboxylic acids is 2. The van der Waals surface area contributed by atoms with E-state index in [2.05, 4.69) is 30.9 Å². The van der Waals surface area contributed by atoms with Crippen molar-refractivity contribution in [3.8, 4) is 11.5 Å². The van der Waals surface area contributed by atoms with E-state index in [1.54, 1.807) is 42.5 Å². The van der Waals surface area contributed by atoms with Crippen molar-refractivity contribution in [2.75, 3.05) is 21.3 Å². The van der Waals surface area contributed by atoms with Crippen LogP contribution in [0.3, 0.4) is 0 Å². The summed E-state index contributed by atoms with van der Waals surface area (Å²) in [5.74, 6) is -1.00. The van der Waals surface area contributed by atoms with E-state index in [1.807, 2.05) is 0 Å². The first kappa shape index (κ1) is 22.1. The molecule has 1 N–H and O–H groups in total. The van der Waals surface area contributed by atoms with Gasteiger partial charge in [0.15, 0.2) is 17.2 Å². The van der Waals surface area contributed by atoms with Crippen molar-refractivity contribution in [1.29, 1.82) is 0 Å². The highest BCUT2D eigenvalue weighted by Gasteiger charge is 2.20. The second-order valence-electron chi connectivity index (χ2n) is 5.62. The number of ether oxygens (including phenoxy) is 3. The molecule has 0 aliphatic rings. The van der Waals surface area contributed by atoms with Gasteiger partial charge in [0.2, 0.25) is 0 Å². The van der Waals surface area contributed by atoms with Crippen LogP contribution in [0.4, 0.5) is 5.69 Å². The molecule has 0 radical (unpaired) electrons. The van der Waals surface area contributed by atoms with Crippen LogP contribution in [0.25, 0.3) is 5.76 Å². The van der Waals surface area contributed by atoms with E-state index in [1.165, 1.54) is 14.2 Å². The van der Waals surface area contributed by atoms with Gasteiger partial charge in [-0.25, -0.2) is 0 Å². The Morgan fingerprint density at radius 2 is 1.72 bits per heavy atom. The molecule has 0 aliphatic heterocycles. The van der Waals surface area contributed by atoms with Gasteiger partial charge < -0.3 is 19.3 Å². The summed E-state index contributed by atoms with van der Waals surface area (Å²) < 4.78 is 15.7. The third-order valence-corrected chi connectivity index (χ3v) is 4.31. The molecule has 8 nitrogen and oxygen atoms in total. The Labute approximate surface area is 175 Å². The van der Waals surface area contributed by atoms with Crippen molar-refractivity contribution in [3.63, 3.8) is 0 Å². The van der Waals surface area contributed by atoms with Crippen LogP contribution in [0.2, 0.25) is 0 Å². The maximum Gasteiger partial charge on any atom is 0.313 e. The number of nitrogens with zero attached hydrogens (tertiary/aromatic N) is 2. The smallest absolute Gasteiger partial charge is 0.313 e. The van der Waals surface area contributed by atoms with Crippen LogP contribution in [-0.4, -0.2) is 38.2 Å². The Bertz CT molecular complexity index is 954. The number of aliphatic hydroxyl groups is 1. The summed E-state index contributed by atoms with van der Waals surface area (Å²) in [6.07, 6.45) is -0.592. The van der Waals surface area contributed by atoms with Crippen LogP contribution in [-0.2, 0) is 14.3 Å². The topological polar surface area (TPSA) is 107 Å². The number of methoxy groups -OCH3 is 3. The predicted octanol–water partition coefficient (Wildman–Crippen LogP) is 4.61. The van der Waals surface area contributed by atoms with E-state index in [0.29, 0.717) is 22.7 Å². The van der Waals surface area contributed by atoms with Gasteiger partial charge in [0.05, 0.1) is 21.3 Å². The van der Waals surface area contributed by atoms with Crippen molar-refractivity contribution in [2.45, 2.75) is 6.42 Å². The molecular weight excluding hydrogens is 444 g/mol. The maximum atomic E-state index is 12.5. The first-order chi connectivity index (χ1) is 13.9. The second kappa shape index (κ2) is 10.4. The molecule has 0 amide bonds. The number of benzene rings is 2. The minimum atomic E-state index is -0.756. The molecule has 2 aromatic carbocycles. The number of hydrogen-bond donors (Lipinski definition) is 1. The molecule has 0 bridgehead atoms. The van der Waals surface area contributed by atoms with Crippen LogP contribution < -0.4 is 9.47 Å². The number of rotatable bonds is 8. The second-order valence-corrected chi connectivity index (χ2v) is 6.53. The van der Waals surface area contributed by atoms with Gasteiger partial charge in [0, 0.05) is 16.1 Å². The summed E-state index contributed by atoms with van der Waals surface area (Å²) in [7, 11) is 4.13. The third-order valence-electron chi connectivity index (χ3n) is 3.78. The van der Waals surface area contributed by atoms with Gasteiger partial charge in [0.1, 0.15) is 23.6 Å². The first-order valence-corrected chi connectivity index (χ1v) is 9.11. The van der Waals surface area contributed by atoms with Gasteiger partial charge >= 0.3 is 5.97 Å². The van der Waals surface area contributed by atoms with Crippen LogP contribution in [0, 0.1) is 0 Å². The average molecular weight is 463 g/mol. The lowest BCUT2D eigenvalue weighted by molar-refractivity contribution is -0.142. The number of aliphatic hydroxyl groups excluding tert-OH is 1. The molecule has 9 heteroatoms. The fraction of sp³-hybridized carbons (Fsp3) is 0.200. The van der Waals surface area contributed by atoms with Crippen molar-refractivity contribution < 1.29 is 28.9 Å². The van der Waals surface area contributed by atoms with Gasteiger partial charge in [0.25, 0.3) is 0 Å². The number of allylic oxidation sites excluding steroid dienone is 1. The molecule has 29 heavy (non-hydrogen) atoms. The molecule has 0 atom stereocenters. The first-order valence-electron chi connectivity index (χ1n) is 8.32. The molecule has 152 valence electrons. The lowest BCUT2D eigenvalue weighted by Crippen LogP contribution is -2.12. The van der Waals surface area contributed by atoms with Gasteiger partial charge in [-0.1, -0.05) is 28.1 Å². The Kier molecular flexibility index (Phi) is 7.90. The van der Waals surface area contributed by atoms with E-state index in [0.717, 1.165) is 11.6 Å². The molecule has 0 heterocycles. The van der Waals surface area contributed by atoms with E-state index < -0.39 is 23.9 Å². The summed E-state index contributed by atoms with van der Waals surface area (Å²) in [6.45, 7) is 0. The molecule has 2 aromatic rings. The van der Waals surface area contributed by atoms with Crippen molar-refractivity contribution in [1.82, 2.24) is 0 Å².